The zero-order valence-corrected chi connectivity index (χ0v) is 77.0. The number of benzene rings is 15. The lowest BCUT2D eigenvalue weighted by Gasteiger charge is -2.11. The fraction of sp³-hybridized carbons (Fsp3) is 0.118. The molecule has 0 spiro atoms. The zero-order valence-electron chi connectivity index (χ0n) is 65.4. The van der Waals surface area contributed by atoms with Crippen LogP contribution in [0.1, 0.15) is 66.8 Å². The van der Waals surface area contributed by atoms with E-state index >= 15 is 0 Å². The molecule has 0 aliphatic carbocycles. The fourth-order valence-corrected chi connectivity index (χ4v) is 16.1. The standard InChI is InChI=1S/2C21H22P2.3C20H20P2/c1-14-9-19(16-5-7-21(23)8-6-16)12-20(10-14)17-3-4-18(13-22)15(2)11-17;1-14-10-16(13-22)6-8-20(14)19-5-3-4-17(12-19)18-7-9-21(23)15(2)11-18;1-14-2-5-18(16-8-10-19(22)11-9-16)12-20(14)17-6-3-15(13-21)4-7-17;1-14-2-5-18(16-6-3-15(13-21)4-7-16)12-20(14)17-8-10-19(22)11-9-17;1-14-10-18(16-4-2-15(13-21)3-5-16)12-19(11-14)17-6-8-20(22)9-7-17/h2*3-12H,13,22-23H2,1-2H3;3*2-12H,13,21-22H2,1H3. The van der Waals surface area contributed by atoms with E-state index in [1.807, 2.05) is 0 Å². The highest BCUT2D eigenvalue weighted by atomic mass is 31.0. The fourth-order valence-electron chi connectivity index (χ4n) is 13.6. The summed E-state index contributed by atoms with van der Waals surface area (Å²) in [6, 6.07) is 117. The molecule has 0 aliphatic rings. The number of hydrogen-bond donors (Lipinski definition) is 0. The molecule has 15 aromatic carbocycles. The summed E-state index contributed by atoms with van der Waals surface area (Å²) in [4.78, 5) is 0. The van der Waals surface area contributed by atoms with Gasteiger partial charge in [0, 0.05) is 0 Å². The van der Waals surface area contributed by atoms with E-state index < -0.39 is 0 Å². The van der Waals surface area contributed by atoms with Crippen LogP contribution in [0.5, 0.6) is 0 Å². The van der Waals surface area contributed by atoms with Crippen LogP contribution in [0, 0.1) is 48.5 Å². The van der Waals surface area contributed by atoms with Gasteiger partial charge in [0.2, 0.25) is 0 Å². The molecule has 15 aromatic rings. The lowest BCUT2D eigenvalue weighted by Crippen LogP contribution is -1.95. The Balaban J connectivity index is 0.000000138. The van der Waals surface area contributed by atoms with Crippen molar-refractivity contribution in [3.05, 3.63) is 388 Å². The van der Waals surface area contributed by atoms with Crippen LogP contribution in [0.3, 0.4) is 0 Å². The smallest absolute Gasteiger partial charge is 0.0126 e. The molecule has 0 heterocycles. The highest BCUT2D eigenvalue weighted by Gasteiger charge is 2.13. The van der Waals surface area contributed by atoms with Gasteiger partial charge in [0.05, 0.1) is 0 Å². The Morgan fingerprint density at radius 1 is 0.179 bits per heavy atom. The van der Waals surface area contributed by atoms with Gasteiger partial charge in [0.15, 0.2) is 0 Å². The minimum Gasteiger partial charge on any atom is -0.133 e. The molecule has 0 aliphatic heterocycles. The van der Waals surface area contributed by atoms with E-state index in [1.54, 1.807) is 0 Å². The van der Waals surface area contributed by atoms with Crippen LogP contribution in [-0.2, 0) is 30.8 Å². The van der Waals surface area contributed by atoms with Gasteiger partial charge in [-0.3, -0.25) is 0 Å². The Kier molecular flexibility index (Phi) is 31.9. The minimum atomic E-state index is 1.00. The molecule has 0 bridgehead atoms. The highest BCUT2D eigenvalue weighted by molar-refractivity contribution is 7.28. The Morgan fingerprint density at radius 3 is 0.857 bits per heavy atom. The number of rotatable bonds is 15. The summed E-state index contributed by atoms with van der Waals surface area (Å²) in [5, 5.41) is 6.11. The lowest BCUT2D eigenvalue weighted by atomic mass is 9.95. The number of hydrogen-bond acceptors (Lipinski definition) is 0. The van der Waals surface area contributed by atoms with Gasteiger partial charge in [-0.2, -0.15) is 0 Å². The second kappa shape index (κ2) is 41.8. The molecular weight excluding hydrogens is 1530 g/mol. The maximum Gasteiger partial charge on any atom is -0.0126 e. The van der Waals surface area contributed by atoms with E-state index in [2.05, 4.69) is 462 Å². The largest absolute Gasteiger partial charge is 0.133 e. The molecule has 10 heteroatoms. The Morgan fingerprint density at radius 2 is 0.473 bits per heavy atom. The van der Waals surface area contributed by atoms with Crippen molar-refractivity contribution in [2.24, 2.45) is 0 Å². The average molecular weight is 1640 g/mol. The summed E-state index contributed by atoms with van der Waals surface area (Å²) in [5.74, 6) is 0. The first-order valence-corrected chi connectivity index (χ1v) is 44.9. The Bertz CT molecular complexity index is 5630. The Hall–Kier alpha value is -7.40. The van der Waals surface area contributed by atoms with Crippen molar-refractivity contribution >= 4 is 119 Å². The molecule has 112 heavy (non-hydrogen) atoms. The van der Waals surface area contributed by atoms with Crippen LogP contribution in [0.2, 0.25) is 0 Å². The average Bonchev–Trinajstić information content (AvgIpc) is 0.835. The summed E-state index contributed by atoms with van der Waals surface area (Å²) < 4.78 is 0. The van der Waals surface area contributed by atoms with Crippen molar-refractivity contribution in [3.8, 4) is 111 Å². The van der Waals surface area contributed by atoms with E-state index in [0.29, 0.717) is 0 Å². The van der Waals surface area contributed by atoms with E-state index in [-0.39, 0.29) is 0 Å². The first kappa shape index (κ1) is 85.5. The summed E-state index contributed by atoms with van der Waals surface area (Å²) in [7, 11) is 27.6. The van der Waals surface area contributed by atoms with E-state index in [1.165, 1.54) is 205 Å². The lowest BCUT2D eigenvalue weighted by molar-refractivity contribution is 1.31. The maximum atomic E-state index is 2.80. The summed E-state index contributed by atoms with van der Waals surface area (Å²) in [5.41, 5.74) is 41.5. The molecule has 10 unspecified atom stereocenters. The van der Waals surface area contributed by atoms with Gasteiger partial charge in [-0.15, -0.1) is 92.4 Å². The van der Waals surface area contributed by atoms with Crippen LogP contribution in [0.4, 0.5) is 0 Å². The van der Waals surface area contributed by atoms with Gasteiger partial charge >= 0.3 is 0 Å². The number of aryl methyl sites for hydroxylation is 7. The summed E-state index contributed by atoms with van der Waals surface area (Å²) in [6.45, 7) is 15.2. The third kappa shape index (κ3) is 23.7. The zero-order chi connectivity index (χ0) is 79.4. The van der Waals surface area contributed by atoms with Gasteiger partial charge < -0.3 is 0 Å². The maximum absolute atomic E-state index is 2.80. The van der Waals surface area contributed by atoms with Crippen molar-refractivity contribution in [1.82, 2.24) is 0 Å². The molecule has 10 atom stereocenters. The van der Waals surface area contributed by atoms with Crippen molar-refractivity contribution < 1.29 is 0 Å². The van der Waals surface area contributed by atoms with Gasteiger partial charge in [-0.1, -0.05) is 291 Å². The van der Waals surface area contributed by atoms with Gasteiger partial charge in [-0.05, 0) is 314 Å². The van der Waals surface area contributed by atoms with Gasteiger partial charge in [0.1, 0.15) is 0 Å². The highest BCUT2D eigenvalue weighted by Crippen LogP contribution is 2.36. The van der Waals surface area contributed by atoms with Crippen molar-refractivity contribution in [1.29, 1.82) is 0 Å². The molecule has 0 nitrogen and oxygen atoms in total. The monoisotopic (exact) mass is 1640 g/mol. The van der Waals surface area contributed by atoms with Crippen molar-refractivity contribution in [3.63, 3.8) is 0 Å². The van der Waals surface area contributed by atoms with Crippen LogP contribution < -0.4 is 26.5 Å². The molecule has 0 saturated heterocycles. The quantitative estimate of drug-likeness (QED) is 0.0898. The van der Waals surface area contributed by atoms with Crippen LogP contribution in [-0.4, -0.2) is 0 Å². The van der Waals surface area contributed by atoms with Gasteiger partial charge in [0.25, 0.3) is 0 Å². The molecule has 0 radical (unpaired) electrons. The third-order valence-electron chi connectivity index (χ3n) is 20.3. The predicted molar refractivity (Wildman–Crippen MR) is 534 cm³/mol. The summed E-state index contributed by atoms with van der Waals surface area (Å²) >= 11 is 0. The Labute approximate surface area is 692 Å². The molecular formula is C102H104P10. The molecule has 0 saturated carbocycles. The molecule has 0 N–H and O–H groups in total. The van der Waals surface area contributed by atoms with E-state index in [4.69, 9.17) is 0 Å². The normalized spacial score (nSPS) is 10.7. The minimum absolute atomic E-state index is 1.00. The third-order valence-corrected chi connectivity index (χ3v) is 24.8. The van der Waals surface area contributed by atoms with Gasteiger partial charge in [-0.25, -0.2) is 0 Å². The van der Waals surface area contributed by atoms with Crippen LogP contribution >= 0.6 is 92.4 Å². The first-order chi connectivity index (χ1) is 54.1. The molecule has 0 fully saturated rings. The molecule has 562 valence electrons. The van der Waals surface area contributed by atoms with Crippen LogP contribution in [0.25, 0.3) is 111 Å². The molecule has 0 amide bonds. The topological polar surface area (TPSA) is 0 Å². The first-order valence-electron chi connectivity index (χ1n) is 38.0. The van der Waals surface area contributed by atoms with E-state index in [0.717, 1.165) is 30.8 Å². The predicted octanol–water partition coefficient (Wildman–Crippen LogP) is 26.6. The molecule has 0 aromatic heterocycles. The SMILES string of the molecule is Cc1cc(-c2ccc(P)cc2)cc(-c2ccc(CP)c(C)c2)c1.Cc1cc(-c2ccc(P)cc2)cc(-c2ccc(CP)cc2)c1.Cc1cc(-c2cccc(-c3ccc(CP)cc3C)c2)ccc1P.Cc1ccc(-c2ccc(CP)cc2)cc1-c1ccc(P)cc1.Cc1ccc(-c2ccc(P)cc2)cc1-c1ccc(CP)cc1. The summed E-state index contributed by atoms with van der Waals surface area (Å²) in [6.07, 6.45) is 5.01. The second-order valence-electron chi connectivity index (χ2n) is 28.8. The molecule has 15 rings (SSSR count). The van der Waals surface area contributed by atoms with Crippen molar-refractivity contribution in [2.45, 2.75) is 79.3 Å². The van der Waals surface area contributed by atoms with E-state index in [9.17, 15) is 0 Å². The van der Waals surface area contributed by atoms with Crippen molar-refractivity contribution in [2.75, 3.05) is 0 Å². The second-order valence-corrected chi connectivity index (χ2v) is 34.1. The van der Waals surface area contributed by atoms with Crippen LogP contribution in [0.15, 0.2) is 322 Å².